The second-order valence-corrected chi connectivity index (χ2v) is 6.02. The van der Waals surface area contributed by atoms with Crippen molar-refractivity contribution < 1.29 is 14.3 Å². The maximum absolute atomic E-state index is 12.4. The SMILES string of the molecule is O=C(CNc1ccccc1)C1CCOC2(CCOCC2)C1. The van der Waals surface area contributed by atoms with Gasteiger partial charge in [-0.2, -0.15) is 0 Å². The van der Waals surface area contributed by atoms with Gasteiger partial charge >= 0.3 is 0 Å². The molecule has 0 aliphatic carbocycles. The van der Waals surface area contributed by atoms with E-state index in [1.807, 2.05) is 30.3 Å². The van der Waals surface area contributed by atoms with Crippen LogP contribution in [0.25, 0.3) is 0 Å². The van der Waals surface area contributed by atoms with Gasteiger partial charge in [0.1, 0.15) is 0 Å². The number of carbonyl (C=O) groups is 1. The van der Waals surface area contributed by atoms with Crippen molar-refractivity contribution in [1.29, 1.82) is 0 Å². The van der Waals surface area contributed by atoms with Gasteiger partial charge in [-0.15, -0.1) is 0 Å². The highest BCUT2D eigenvalue weighted by atomic mass is 16.5. The van der Waals surface area contributed by atoms with Crippen LogP contribution in [0.3, 0.4) is 0 Å². The first kappa shape index (κ1) is 14.5. The quantitative estimate of drug-likeness (QED) is 0.925. The lowest BCUT2D eigenvalue weighted by atomic mass is 9.79. The fourth-order valence-electron chi connectivity index (χ4n) is 3.28. The highest BCUT2D eigenvalue weighted by Crippen LogP contribution is 2.37. The molecular formula is C17H23NO3. The van der Waals surface area contributed by atoms with Gasteiger partial charge in [0.2, 0.25) is 0 Å². The maximum Gasteiger partial charge on any atom is 0.155 e. The largest absolute Gasteiger partial charge is 0.381 e. The Balaban J connectivity index is 1.54. The van der Waals surface area contributed by atoms with Crippen LogP contribution in [0.1, 0.15) is 25.7 Å². The zero-order chi connectivity index (χ0) is 14.5. The van der Waals surface area contributed by atoms with Gasteiger partial charge in [-0.3, -0.25) is 4.79 Å². The van der Waals surface area contributed by atoms with E-state index in [1.165, 1.54) is 0 Å². The minimum Gasteiger partial charge on any atom is -0.381 e. The average Bonchev–Trinajstić information content (AvgIpc) is 2.54. The second kappa shape index (κ2) is 6.58. The van der Waals surface area contributed by atoms with E-state index < -0.39 is 0 Å². The van der Waals surface area contributed by atoms with Gasteiger partial charge in [0.25, 0.3) is 0 Å². The Bertz CT molecular complexity index is 463. The molecule has 1 aromatic rings. The summed E-state index contributed by atoms with van der Waals surface area (Å²) in [4.78, 5) is 12.4. The van der Waals surface area contributed by atoms with Crippen molar-refractivity contribution in [1.82, 2.24) is 0 Å². The van der Waals surface area contributed by atoms with Crippen LogP contribution in [-0.2, 0) is 14.3 Å². The van der Waals surface area contributed by atoms with Gasteiger partial charge in [0.05, 0.1) is 12.1 Å². The molecule has 3 rings (SSSR count). The van der Waals surface area contributed by atoms with E-state index in [0.29, 0.717) is 18.9 Å². The van der Waals surface area contributed by atoms with Gasteiger partial charge in [-0.05, 0) is 37.8 Å². The molecule has 21 heavy (non-hydrogen) atoms. The Kier molecular flexibility index (Phi) is 4.56. The van der Waals surface area contributed by atoms with Crippen molar-refractivity contribution in [3.8, 4) is 0 Å². The number of ether oxygens (including phenoxy) is 2. The highest BCUT2D eigenvalue weighted by Gasteiger charge is 2.40. The Labute approximate surface area is 125 Å². The summed E-state index contributed by atoms with van der Waals surface area (Å²) in [5, 5.41) is 3.22. The maximum atomic E-state index is 12.4. The molecule has 2 aliphatic heterocycles. The van der Waals surface area contributed by atoms with Gasteiger partial charge in [0, 0.05) is 31.4 Å². The van der Waals surface area contributed by atoms with E-state index in [4.69, 9.17) is 9.47 Å². The Morgan fingerprint density at radius 1 is 1.19 bits per heavy atom. The first-order chi connectivity index (χ1) is 10.3. The van der Waals surface area contributed by atoms with Crippen molar-refractivity contribution in [2.24, 2.45) is 5.92 Å². The molecule has 0 saturated carbocycles. The first-order valence-corrected chi connectivity index (χ1v) is 7.81. The van der Waals surface area contributed by atoms with E-state index in [-0.39, 0.29) is 11.5 Å². The number of benzene rings is 1. The highest BCUT2D eigenvalue weighted by molar-refractivity contribution is 5.85. The number of carbonyl (C=O) groups excluding carboxylic acids is 1. The van der Waals surface area contributed by atoms with E-state index in [1.54, 1.807) is 0 Å². The molecule has 1 N–H and O–H groups in total. The standard InChI is InChI=1S/C17H23NO3/c19-16(13-18-15-4-2-1-3-5-15)14-6-9-21-17(12-14)7-10-20-11-8-17/h1-5,14,18H,6-13H2. The monoisotopic (exact) mass is 289 g/mol. The summed E-state index contributed by atoms with van der Waals surface area (Å²) < 4.78 is 11.4. The molecule has 0 aromatic heterocycles. The molecule has 0 bridgehead atoms. The van der Waals surface area contributed by atoms with Gasteiger partial charge in [-0.25, -0.2) is 0 Å². The van der Waals surface area contributed by atoms with Crippen molar-refractivity contribution >= 4 is 11.5 Å². The normalized spacial score (nSPS) is 24.7. The van der Waals surface area contributed by atoms with Crippen LogP contribution >= 0.6 is 0 Å². The predicted molar refractivity (Wildman–Crippen MR) is 81.4 cm³/mol. The van der Waals surface area contributed by atoms with Crippen LogP contribution in [0.4, 0.5) is 5.69 Å². The third-order valence-electron chi connectivity index (χ3n) is 4.59. The van der Waals surface area contributed by atoms with E-state index in [2.05, 4.69) is 5.32 Å². The Hall–Kier alpha value is -1.39. The van der Waals surface area contributed by atoms with Crippen molar-refractivity contribution in [2.45, 2.75) is 31.3 Å². The fourth-order valence-corrected chi connectivity index (χ4v) is 3.28. The van der Waals surface area contributed by atoms with Crippen LogP contribution in [-0.4, -0.2) is 37.7 Å². The van der Waals surface area contributed by atoms with E-state index >= 15 is 0 Å². The lowest BCUT2D eigenvalue weighted by Gasteiger charge is -2.42. The summed E-state index contributed by atoms with van der Waals surface area (Å²) in [7, 11) is 0. The lowest BCUT2D eigenvalue weighted by Crippen LogP contribution is -2.46. The Morgan fingerprint density at radius 3 is 2.71 bits per heavy atom. The summed E-state index contributed by atoms with van der Waals surface area (Å²) >= 11 is 0. The topological polar surface area (TPSA) is 47.6 Å². The van der Waals surface area contributed by atoms with Crippen LogP contribution in [0.5, 0.6) is 0 Å². The Morgan fingerprint density at radius 2 is 1.95 bits per heavy atom. The minimum absolute atomic E-state index is 0.108. The van der Waals surface area contributed by atoms with Crippen LogP contribution in [0, 0.1) is 5.92 Å². The summed E-state index contributed by atoms with van der Waals surface area (Å²) in [6.45, 7) is 2.61. The third kappa shape index (κ3) is 3.63. The summed E-state index contributed by atoms with van der Waals surface area (Å²) in [5.74, 6) is 0.418. The number of hydrogen-bond donors (Lipinski definition) is 1. The first-order valence-electron chi connectivity index (χ1n) is 7.81. The zero-order valence-corrected chi connectivity index (χ0v) is 12.3. The number of nitrogens with one attached hydrogen (secondary N) is 1. The smallest absolute Gasteiger partial charge is 0.155 e. The van der Waals surface area contributed by atoms with Crippen LogP contribution in [0.2, 0.25) is 0 Å². The predicted octanol–water partition coefficient (Wildman–Crippen LogP) is 2.64. The second-order valence-electron chi connectivity index (χ2n) is 6.02. The number of para-hydroxylation sites is 1. The molecule has 4 nitrogen and oxygen atoms in total. The van der Waals surface area contributed by atoms with Crippen LogP contribution in [0.15, 0.2) is 30.3 Å². The molecule has 114 valence electrons. The lowest BCUT2D eigenvalue weighted by molar-refractivity contribution is -0.156. The molecule has 1 aromatic carbocycles. The summed E-state index contributed by atoms with van der Waals surface area (Å²) in [5.41, 5.74) is 0.891. The molecule has 4 heteroatoms. The minimum atomic E-state index is -0.108. The van der Waals surface area contributed by atoms with Gasteiger partial charge in [0.15, 0.2) is 5.78 Å². The van der Waals surface area contributed by atoms with Gasteiger partial charge < -0.3 is 14.8 Å². The average molecular weight is 289 g/mol. The number of anilines is 1. The van der Waals surface area contributed by atoms with E-state index in [9.17, 15) is 4.79 Å². The number of Topliss-reactive ketones (excluding diaryl/α,β-unsaturated/α-hetero) is 1. The zero-order valence-electron chi connectivity index (χ0n) is 12.3. The number of ketones is 1. The van der Waals surface area contributed by atoms with Gasteiger partial charge in [-0.1, -0.05) is 18.2 Å². The summed E-state index contributed by atoms with van der Waals surface area (Å²) in [6, 6.07) is 9.88. The molecule has 1 unspecified atom stereocenters. The molecule has 2 aliphatic rings. The van der Waals surface area contributed by atoms with Crippen LogP contribution < -0.4 is 5.32 Å². The molecule has 0 amide bonds. The molecule has 0 radical (unpaired) electrons. The fraction of sp³-hybridized carbons (Fsp3) is 0.588. The summed E-state index contributed by atoms with van der Waals surface area (Å²) in [6.07, 6.45) is 3.54. The molecule has 2 fully saturated rings. The molecule has 2 saturated heterocycles. The van der Waals surface area contributed by atoms with Crippen molar-refractivity contribution in [3.63, 3.8) is 0 Å². The molecular weight excluding hydrogens is 266 g/mol. The number of rotatable bonds is 4. The van der Waals surface area contributed by atoms with Crippen molar-refractivity contribution in [2.75, 3.05) is 31.7 Å². The molecule has 2 heterocycles. The third-order valence-corrected chi connectivity index (χ3v) is 4.59. The number of hydrogen-bond acceptors (Lipinski definition) is 4. The van der Waals surface area contributed by atoms with Crippen molar-refractivity contribution in [3.05, 3.63) is 30.3 Å². The van der Waals surface area contributed by atoms with E-state index in [0.717, 1.165) is 44.6 Å². The molecule has 1 spiro atoms. The molecule has 1 atom stereocenters.